The number of benzene rings is 5. The van der Waals surface area contributed by atoms with E-state index in [1.54, 1.807) is 11.0 Å². The van der Waals surface area contributed by atoms with Crippen LogP contribution in [0.1, 0.15) is 17.2 Å². The lowest BCUT2D eigenvalue weighted by molar-refractivity contribution is -0.384. The van der Waals surface area contributed by atoms with E-state index < -0.39 is 18.1 Å². The zero-order valence-electron chi connectivity index (χ0n) is 23.0. The van der Waals surface area contributed by atoms with Gasteiger partial charge >= 0.3 is 0 Å². The number of nitro benzene ring substituents is 1. The average molecular weight is 584 g/mol. The molecule has 6 aromatic rings. The molecule has 8 heteroatoms. The number of hydrogen-bond donors (Lipinski definition) is 0. The predicted molar refractivity (Wildman–Crippen MR) is 170 cm³/mol. The third-order valence-electron chi connectivity index (χ3n) is 8.07. The number of nitrogens with zero attached hydrogens (tertiary/aromatic N) is 3. The molecule has 1 amide bonds. The number of para-hydroxylation sites is 1. The molecule has 0 aliphatic carbocycles. The van der Waals surface area contributed by atoms with E-state index in [0.29, 0.717) is 33.7 Å². The second-order valence-electron chi connectivity index (χ2n) is 10.5. The van der Waals surface area contributed by atoms with Crippen molar-refractivity contribution in [1.29, 1.82) is 0 Å². The molecule has 1 aliphatic rings. The van der Waals surface area contributed by atoms with Gasteiger partial charge in [0.2, 0.25) is 0 Å². The first kappa shape index (κ1) is 26.6. The molecule has 43 heavy (non-hydrogen) atoms. The van der Waals surface area contributed by atoms with Crippen molar-refractivity contribution in [2.24, 2.45) is 0 Å². The van der Waals surface area contributed by atoms with E-state index in [0.717, 1.165) is 16.5 Å². The number of rotatable bonds is 7. The van der Waals surface area contributed by atoms with Gasteiger partial charge in [-0.3, -0.25) is 14.9 Å². The maximum atomic E-state index is 15.4. The highest BCUT2D eigenvalue weighted by Gasteiger charge is 2.42. The third-order valence-corrected chi connectivity index (χ3v) is 11.2. The molecule has 7 rings (SSSR count). The largest absolute Gasteiger partial charge is 0.330 e. The Morgan fingerprint density at radius 3 is 1.95 bits per heavy atom. The molecule has 210 valence electrons. The summed E-state index contributed by atoms with van der Waals surface area (Å²) in [6.45, 7) is 0.319. The highest BCUT2D eigenvalue weighted by molar-refractivity contribution is 7.85. The van der Waals surface area contributed by atoms with Crippen molar-refractivity contribution >= 4 is 51.2 Å². The SMILES string of the molecule is O=C1C(n2cc(P(=O)(c3ccccc3)c3ccccc3)c3ccccc32)c2cc([N+](=O)[O-])ccc2N1Cc1ccccc1. The Labute approximate surface area is 248 Å². The Kier molecular flexibility index (Phi) is 6.52. The van der Waals surface area contributed by atoms with Gasteiger partial charge < -0.3 is 14.0 Å². The van der Waals surface area contributed by atoms with Gasteiger partial charge in [0.1, 0.15) is 6.04 Å². The van der Waals surface area contributed by atoms with E-state index in [9.17, 15) is 14.9 Å². The van der Waals surface area contributed by atoms with Crippen molar-refractivity contribution < 1.29 is 14.3 Å². The lowest BCUT2D eigenvalue weighted by Crippen LogP contribution is -2.31. The number of aromatic nitrogens is 1. The first-order valence-corrected chi connectivity index (χ1v) is 15.6. The zero-order chi connectivity index (χ0) is 29.6. The molecule has 0 radical (unpaired) electrons. The van der Waals surface area contributed by atoms with Crippen LogP contribution in [0.2, 0.25) is 0 Å². The van der Waals surface area contributed by atoms with Crippen LogP contribution in [0.5, 0.6) is 0 Å². The minimum Gasteiger partial charge on any atom is -0.330 e. The van der Waals surface area contributed by atoms with Crippen LogP contribution in [0.3, 0.4) is 0 Å². The van der Waals surface area contributed by atoms with Crippen molar-refractivity contribution in [3.05, 3.63) is 161 Å². The lowest BCUT2D eigenvalue weighted by atomic mass is 10.1. The highest BCUT2D eigenvalue weighted by Crippen LogP contribution is 2.47. The molecule has 1 aromatic heterocycles. The number of anilines is 1. The monoisotopic (exact) mass is 583 g/mol. The standard InChI is InChI=1S/C35H26N3O4P/c39-35-34(30-22-26(38(40)41)20-21-32(30)37(35)23-25-12-4-1-5-13-25)36-24-33(29-18-10-11-19-31(29)36)43(42,27-14-6-2-7-15-27)28-16-8-3-9-17-28/h1-22,24,34H,23H2. The zero-order valence-corrected chi connectivity index (χ0v) is 23.9. The van der Waals surface area contributed by atoms with E-state index in [-0.39, 0.29) is 11.6 Å². The molecule has 5 aromatic carbocycles. The Hall–Kier alpha value is -5.26. The van der Waals surface area contributed by atoms with Gasteiger partial charge in [0.05, 0.1) is 17.2 Å². The van der Waals surface area contributed by atoms with Gasteiger partial charge in [-0.1, -0.05) is 109 Å². The second-order valence-corrected chi connectivity index (χ2v) is 13.3. The van der Waals surface area contributed by atoms with Crippen LogP contribution >= 0.6 is 7.14 Å². The molecule has 0 bridgehead atoms. The fourth-order valence-corrected chi connectivity index (χ4v) is 8.93. The second kappa shape index (κ2) is 10.5. The first-order valence-electron chi connectivity index (χ1n) is 13.9. The lowest BCUT2D eigenvalue weighted by Gasteiger charge is -2.20. The van der Waals surface area contributed by atoms with Crippen LogP contribution in [0.25, 0.3) is 10.9 Å². The van der Waals surface area contributed by atoms with Crippen molar-refractivity contribution in [2.45, 2.75) is 12.6 Å². The minimum atomic E-state index is -3.39. The van der Waals surface area contributed by atoms with Crippen LogP contribution in [0.15, 0.2) is 140 Å². The Morgan fingerprint density at radius 1 is 0.744 bits per heavy atom. The molecule has 0 fully saturated rings. The third kappa shape index (κ3) is 4.37. The topological polar surface area (TPSA) is 85.4 Å². The molecule has 1 atom stereocenters. The molecule has 0 spiro atoms. The molecule has 0 N–H and O–H groups in total. The normalized spacial score (nSPS) is 14.7. The maximum Gasteiger partial charge on any atom is 0.269 e. The van der Waals surface area contributed by atoms with E-state index in [4.69, 9.17) is 0 Å². The molecular formula is C35H26N3O4P. The number of carbonyl (C=O) groups is 1. The summed E-state index contributed by atoms with van der Waals surface area (Å²) < 4.78 is 17.3. The van der Waals surface area contributed by atoms with Gasteiger partial charge in [0.15, 0.2) is 7.14 Å². The van der Waals surface area contributed by atoms with Crippen LogP contribution in [-0.2, 0) is 15.9 Å². The summed E-state index contributed by atoms with van der Waals surface area (Å²) in [6, 6.07) is 39.8. The summed E-state index contributed by atoms with van der Waals surface area (Å²) in [5.41, 5.74) is 2.74. The maximum absolute atomic E-state index is 15.4. The highest BCUT2D eigenvalue weighted by atomic mass is 31.2. The van der Waals surface area contributed by atoms with E-state index >= 15 is 4.57 Å². The Morgan fingerprint density at radius 2 is 1.33 bits per heavy atom. The number of nitro groups is 1. The summed E-state index contributed by atoms with van der Waals surface area (Å²) in [7, 11) is -3.39. The summed E-state index contributed by atoms with van der Waals surface area (Å²) in [5, 5.41) is 14.6. The van der Waals surface area contributed by atoms with Gasteiger partial charge in [-0.25, -0.2) is 0 Å². The number of fused-ring (bicyclic) bond motifs is 2. The van der Waals surface area contributed by atoms with Crippen LogP contribution in [0, 0.1) is 10.1 Å². The first-order chi connectivity index (χ1) is 21.0. The smallest absolute Gasteiger partial charge is 0.269 e. The summed E-state index contributed by atoms with van der Waals surface area (Å²) in [5.74, 6) is -0.207. The molecule has 0 saturated heterocycles. The minimum absolute atomic E-state index is 0.0889. The number of amides is 1. The van der Waals surface area contributed by atoms with Crippen molar-refractivity contribution in [1.82, 2.24) is 4.57 Å². The van der Waals surface area contributed by atoms with Gasteiger partial charge in [-0.15, -0.1) is 0 Å². The van der Waals surface area contributed by atoms with Gasteiger partial charge in [-0.05, 0) is 17.7 Å². The van der Waals surface area contributed by atoms with Gasteiger partial charge in [-0.2, -0.15) is 0 Å². The Bertz CT molecular complexity index is 2000. The fourth-order valence-electron chi connectivity index (χ4n) is 6.07. The predicted octanol–water partition coefficient (Wildman–Crippen LogP) is 6.33. The van der Waals surface area contributed by atoms with Crippen molar-refractivity contribution in [2.75, 3.05) is 4.90 Å². The van der Waals surface area contributed by atoms with Crippen LogP contribution < -0.4 is 20.8 Å². The molecule has 1 unspecified atom stereocenters. The van der Waals surface area contributed by atoms with Gasteiger partial charge in [0.25, 0.3) is 11.6 Å². The molecule has 7 nitrogen and oxygen atoms in total. The molecular weight excluding hydrogens is 557 g/mol. The summed E-state index contributed by atoms with van der Waals surface area (Å²) >= 11 is 0. The van der Waals surface area contributed by atoms with E-state index in [1.807, 2.05) is 126 Å². The van der Waals surface area contributed by atoms with Crippen LogP contribution in [-0.4, -0.2) is 15.4 Å². The molecule has 1 aliphatic heterocycles. The van der Waals surface area contributed by atoms with E-state index in [2.05, 4.69) is 0 Å². The van der Waals surface area contributed by atoms with E-state index in [1.165, 1.54) is 12.1 Å². The Balaban J connectivity index is 1.47. The number of hydrogen-bond acceptors (Lipinski definition) is 4. The average Bonchev–Trinajstić information content (AvgIpc) is 3.56. The van der Waals surface area contributed by atoms with Crippen LogP contribution in [0.4, 0.5) is 11.4 Å². The van der Waals surface area contributed by atoms with Crippen molar-refractivity contribution in [3.63, 3.8) is 0 Å². The summed E-state index contributed by atoms with van der Waals surface area (Å²) in [4.78, 5) is 27.4. The number of carbonyl (C=O) groups excluding carboxylic acids is 1. The van der Waals surface area contributed by atoms with Gasteiger partial charge in [0, 0.05) is 50.7 Å². The quantitative estimate of drug-likeness (QED) is 0.125. The molecule has 0 saturated carbocycles. The molecule has 2 heterocycles. The summed E-state index contributed by atoms with van der Waals surface area (Å²) in [6.07, 6.45) is 1.82. The number of non-ortho nitro benzene ring substituents is 1. The fraction of sp³-hybridized carbons (Fsp3) is 0.0571. The van der Waals surface area contributed by atoms with Crippen molar-refractivity contribution in [3.8, 4) is 0 Å².